The van der Waals surface area contributed by atoms with Gasteiger partial charge in [0.1, 0.15) is 10.2 Å². The Kier molecular flexibility index (Phi) is 3.86. The van der Waals surface area contributed by atoms with Gasteiger partial charge >= 0.3 is 6.09 Å². The molecule has 0 bridgehead atoms. The first-order chi connectivity index (χ1) is 10.7. The molecule has 3 heterocycles. The zero-order chi connectivity index (χ0) is 16.8. The number of amides is 2. The normalized spacial score (nSPS) is 19.1. The lowest BCUT2D eigenvalue weighted by molar-refractivity contribution is -0.0980. The molecule has 1 aromatic heterocycles. The number of pyridine rings is 1. The molecule has 1 aromatic rings. The van der Waals surface area contributed by atoms with Crippen molar-refractivity contribution in [1.82, 2.24) is 14.8 Å². The minimum absolute atomic E-state index is 0.00802. The van der Waals surface area contributed by atoms with Crippen LogP contribution < -0.4 is 0 Å². The molecule has 2 aliphatic rings. The average Bonchev–Trinajstić information content (AvgIpc) is 2.33. The summed E-state index contributed by atoms with van der Waals surface area (Å²) in [5.74, 6) is -0.00802. The molecule has 23 heavy (non-hydrogen) atoms. The molecule has 2 amide bonds. The van der Waals surface area contributed by atoms with E-state index in [2.05, 4.69) is 20.9 Å². The molecule has 2 aliphatic heterocycles. The van der Waals surface area contributed by atoms with E-state index >= 15 is 0 Å². The van der Waals surface area contributed by atoms with Gasteiger partial charge in [-0.25, -0.2) is 9.78 Å². The molecule has 2 fully saturated rings. The Bertz CT molecular complexity index is 625. The van der Waals surface area contributed by atoms with E-state index in [-0.39, 0.29) is 17.4 Å². The van der Waals surface area contributed by atoms with Crippen molar-refractivity contribution in [3.05, 3.63) is 28.5 Å². The maximum absolute atomic E-state index is 12.3. The van der Waals surface area contributed by atoms with Crippen molar-refractivity contribution in [2.75, 3.05) is 26.2 Å². The lowest BCUT2D eigenvalue weighted by Gasteiger charge is -2.59. The van der Waals surface area contributed by atoms with Crippen LogP contribution >= 0.6 is 15.9 Å². The molecule has 1 spiro atoms. The van der Waals surface area contributed by atoms with Gasteiger partial charge in [0.05, 0.1) is 5.56 Å². The largest absolute Gasteiger partial charge is 0.444 e. The number of likely N-dealkylation sites (tertiary alicyclic amines) is 2. The summed E-state index contributed by atoms with van der Waals surface area (Å²) in [5, 5.41) is 0. The van der Waals surface area contributed by atoms with E-state index in [1.54, 1.807) is 28.1 Å². The summed E-state index contributed by atoms with van der Waals surface area (Å²) >= 11 is 3.26. The molecule has 0 atom stereocenters. The lowest BCUT2D eigenvalue weighted by atomic mass is 9.73. The number of rotatable bonds is 1. The number of carbonyl (C=O) groups excluding carboxylic acids is 2. The van der Waals surface area contributed by atoms with Crippen LogP contribution in [0.2, 0.25) is 0 Å². The Hall–Kier alpha value is -1.63. The Labute approximate surface area is 143 Å². The predicted octanol–water partition coefficient (Wildman–Crippen LogP) is 2.54. The molecule has 3 rings (SSSR count). The number of halogens is 1. The van der Waals surface area contributed by atoms with E-state index in [4.69, 9.17) is 4.74 Å². The second kappa shape index (κ2) is 5.47. The number of ether oxygens (including phenoxy) is 1. The quantitative estimate of drug-likeness (QED) is 0.701. The summed E-state index contributed by atoms with van der Waals surface area (Å²) in [4.78, 5) is 31.9. The van der Waals surface area contributed by atoms with Gasteiger partial charge in [0.25, 0.3) is 5.91 Å². The van der Waals surface area contributed by atoms with Crippen LogP contribution in [0.5, 0.6) is 0 Å². The zero-order valence-electron chi connectivity index (χ0n) is 13.5. The van der Waals surface area contributed by atoms with Gasteiger partial charge in [-0.15, -0.1) is 0 Å². The van der Waals surface area contributed by atoms with Crippen molar-refractivity contribution in [2.24, 2.45) is 5.41 Å². The fraction of sp³-hybridized carbons (Fsp3) is 0.562. The molecule has 0 aromatic carbocycles. The molecular formula is C16H20BrN3O3. The maximum atomic E-state index is 12.3. The van der Waals surface area contributed by atoms with Gasteiger partial charge in [0.15, 0.2) is 0 Å². The highest BCUT2D eigenvalue weighted by Crippen LogP contribution is 2.40. The maximum Gasteiger partial charge on any atom is 0.410 e. The Morgan fingerprint density at radius 1 is 1.17 bits per heavy atom. The first kappa shape index (κ1) is 16.2. The van der Waals surface area contributed by atoms with E-state index in [0.717, 1.165) is 0 Å². The van der Waals surface area contributed by atoms with E-state index in [1.165, 1.54) is 0 Å². The number of hydrogen-bond acceptors (Lipinski definition) is 4. The molecule has 0 unspecified atom stereocenters. The molecular weight excluding hydrogens is 362 g/mol. The topological polar surface area (TPSA) is 62.7 Å². The summed E-state index contributed by atoms with van der Waals surface area (Å²) in [6, 6.07) is 3.52. The minimum Gasteiger partial charge on any atom is -0.444 e. The Balaban J connectivity index is 1.50. The van der Waals surface area contributed by atoms with E-state index in [1.807, 2.05) is 20.8 Å². The Morgan fingerprint density at radius 2 is 1.78 bits per heavy atom. The summed E-state index contributed by atoms with van der Waals surface area (Å²) in [5.41, 5.74) is 0.164. The van der Waals surface area contributed by atoms with Gasteiger partial charge in [-0.3, -0.25) is 4.79 Å². The second-order valence-corrected chi connectivity index (χ2v) is 8.18. The predicted molar refractivity (Wildman–Crippen MR) is 88.1 cm³/mol. The fourth-order valence-corrected chi connectivity index (χ4v) is 3.25. The first-order valence-corrected chi connectivity index (χ1v) is 8.36. The van der Waals surface area contributed by atoms with Crippen molar-refractivity contribution in [3.8, 4) is 0 Å². The van der Waals surface area contributed by atoms with Crippen LogP contribution in [0, 0.1) is 5.41 Å². The van der Waals surface area contributed by atoms with Gasteiger partial charge in [0, 0.05) is 37.8 Å². The third-order valence-corrected chi connectivity index (χ3v) is 4.49. The highest BCUT2D eigenvalue weighted by Gasteiger charge is 2.55. The molecule has 124 valence electrons. The average molecular weight is 382 g/mol. The van der Waals surface area contributed by atoms with Gasteiger partial charge in [-0.05, 0) is 48.8 Å². The SMILES string of the molecule is CC(C)(C)OC(=O)N1CC2(C1)CN(C(=O)c1ccc(Br)nc1)C2. The first-order valence-electron chi connectivity index (χ1n) is 7.56. The van der Waals surface area contributed by atoms with Crippen LogP contribution in [0.4, 0.5) is 4.79 Å². The van der Waals surface area contributed by atoms with Crippen LogP contribution in [0.15, 0.2) is 22.9 Å². The molecule has 7 heteroatoms. The van der Waals surface area contributed by atoms with Crippen molar-refractivity contribution in [3.63, 3.8) is 0 Å². The molecule has 0 radical (unpaired) electrons. The minimum atomic E-state index is -0.476. The van der Waals surface area contributed by atoms with Crippen LogP contribution in [-0.4, -0.2) is 58.6 Å². The van der Waals surface area contributed by atoms with Gasteiger partial charge < -0.3 is 14.5 Å². The lowest BCUT2D eigenvalue weighted by Crippen LogP contribution is -2.73. The van der Waals surface area contributed by atoms with Gasteiger partial charge in [0.2, 0.25) is 0 Å². The van der Waals surface area contributed by atoms with Crippen LogP contribution in [0.1, 0.15) is 31.1 Å². The van der Waals surface area contributed by atoms with Crippen LogP contribution in [0.25, 0.3) is 0 Å². The molecule has 0 N–H and O–H groups in total. The van der Waals surface area contributed by atoms with E-state index < -0.39 is 5.60 Å². The number of nitrogens with zero attached hydrogens (tertiary/aromatic N) is 3. The Morgan fingerprint density at radius 3 is 2.30 bits per heavy atom. The smallest absolute Gasteiger partial charge is 0.410 e. The number of hydrogen-bond donors (Lipinski definition) is 0. The van der Waals surface area contributed by atoms with Gasteiger partial charge in [-0.1, -0.05) is 0 Å². The second-order valence-electron chi connectivity index (χ2n) is 7.37. The zero-order valence-corrected chi connectivity index (χ0v) is 15.1. The highest BCUT2D eigenvalue weighted by atomic mass is 79.9. The van der Waals surface area contributed by atoms with Crippen molar-refractivity contribution in [2.45, 2.75) is 26.4 Å². The van der Waals surface area contributed by atoms with Crippen LogP contribution in [-0.2, 0) is 4.74 Å². The molecule has 6 nitrogen and oxygen atoms in total. The third-order valence-electron chi connectivity index (χ3n) is 4.02. The summed E-state index contributed by atoms with van der Waals surface area (Å²) in [6.07, 6.45) is 1.30. The van der Waals surface area contributed by atoms with E-state index in [9.17, 15) is 9.59 Å². The number of aromatic nitrogens is 1. The highest BCUT2D eigenvalue weighted by molar-refractivity contribution is 9.10. The summed E-state index contributed by atoms with van der Waals surface area (Å²) in [6.45, 7) is 8.25. The van der Waals surface area contributed by atoms with Crippen molar-refractivity contribution >= 4 is 27.9 Å². The molecule has 2 saturated heterocycles. The van der Waals surface area contributed by atoms with Crippen LogP contribution in [0.3, 0.4) is 0 Å². The molecule has 0 aliphatic carbocycles. The standard InChI is InChI=1S/C16H20BrN3O3/c1-15(2,3)23-14(22)20-9-16(10-20)7-19(8-16)13(21)11-4-5-12(17)18-6-11/h4-6H,7-10H2,1-3H3. The monoisotopic (exact) mass is 381 g/mol. The van der Waals surface area contributed by atoms with E-state index in [0.29, 0.717) is 36.3 Å². The molecule has 0 saturated carbocycles. The summed E-state index contributed by atoms with van der Waals surface area (Å²) < 4.78 is 6.06. The van der Waals surface area contributed by atoms with Crippen molar-refractivity contribution in [1.29, 1.82) is 0 Å². The summed E-state index contributed by atoms with van der Waals surface area (Å²) in [7, 11) is 0. The van der Waals surface area contributed by atoms with Gasteiger partial charge in [-0.2, -0.15) is 0 Å². The van der Waals surface area contributed by atoms with Crippen molar-refractivity contribution < 1.29 is 14.3 Å². The fourth-order valence-electron chi connectivity index (χ4n) is 3.01. The number of carbonyl (C=O) groups is 2. The third kappa shape index (κ3) is 3.34.